The Balaban J connectivity index is 2.34. The van der Waals surface area contributed by atoms with Crippen LogP contribution in [0.1, 0.15) is 5.69 Å². The first-order chi connectivity index (χ1) is 7.19. The summed E-state index contributed by atoms with van der Waals surface area (Å²) in [7, 11) is 1.36. The molecule has 0 unspecified atom stereocenters. The zero-order chi connectivity index (χ0) is 10.8. The van der Waals surface area contributed by atoms with Crippen molar-refractivity contribution in [1.82, 2.24) is 9.38 Å². The molecular formula is C10H9ClN2O2. The average molecular weight is 225 g/mol. The van der Waals surface area contributed by atoms with Gasteiger partial charge in [-0.2, -0.15) is 0 Å². The number of fused-ring (bicyclic) bond motifs is 1. The molecule has 0 bridgehead atoms. The van der Waals surface area contributed by atoms with Crippen LogP contribution < -0.4 is 0 Å². The lowest BCUT2D eigenvalue weighted by Crippen LogP contribution is -2.04. The van der Waals surface area contributed by atoms with Crippen LogP contribution in [0.3, 0.4) is 0 Å². The van der Waals surface area contributed by atoms with Gasteiger partial charge < -0.3 is 9.14 Å². The zero-order valence-corrected chi connectivity index (χ0v) is 8.86. The average Bonchev–Trinajstić information content (AvgIpc) is 2.59. The molecule has 0 aliphatic rings. The molecule has 2 rings (SSSR count). The lowest BCUT2D eigenvalue weighted by Gasteiger charge is -1.92. The fourth-order valence-electron chi connectivity index (χ4n) is 1.31. The summed E-state index contributed by atoms with van der Waals surface area (Å²) in [4.78, 5) is 15.3. The van der Waals surface area contributed by atoms with E-state index in [1.54, 1.807) is 24.5 Å². The van der Waals surface area contributed by atoms with E-state index in [2.05, 4.69) is 9.72 Å². The minimum atomic E-state index is -0.301. The van der Waals surface area contributed by atoms with Crippen LogP contribution in [0.4, 0.5) is 0 Å². The molecule has 0 radical (unpaired) electrons. The van der Waals surface area contributed by atoms with Crippen LogP contribution in [0.2, 0.25) is 5.02 Å². The molecule has 0 amide bonds. The summed E-state index contributed by atoms with van der Waals surface area (Å²) in [6.45, 7) is 0. The van der Waals surface area contributed by atoms with E-state index >= 15 is 0 Å². The first kappa shape index (κ1) is 9.98. The summed E-state index contributed by atoms with van der Waals surface area (Å²) < 4.78 is 6.37. The van der Waals surface area contributed by atoms with Gasteiger partial charge in [0.1, 0.15) is 5.65 Å². The third kappa shape index (κ3) is 2.10. The van der Waals surface area contributed by atoms with Crippen molar-refractivity contribution < 1.29 is 9.53 Å². The van der Waals surface area contributed by atoms with E-state index in [0.29, 0.717) is 10.7 Å². The zero-order valence-electron chi connectivity index (χ0n) is 8.11. The molecular weight excluding hydrogens is 216 g/mol. The topological polar surface area (TPSA) is 43.6 Å². The molecule has 0 saturated heterocycles. The van der Waals surface area contributed by atoms with Gasteiger partial charge in [-0.25, -0.2) is 4.98 Å². The van der Waals surface area contributed by atoms with Crippen molar-refractivity contribution in [2.24, 2.45) is 0 Å². The summed E-state index contributed by atoms with van der Waals surface area (Å²) in [5.41, 5.74) is 1.39. The Bertz CT molecular complexity index is 507. The SMILES string of the molecule is COC(=O)Cc1cn2ccc(Cl)cc2n1. The summed E-state index contributed by atoms with van der Waals surface area (Å²) in [6, 6.07) is 3.50. The predicted octanol–water partition coefficient (Wildman–Crippen LogP) is 1.70. The minimum absolute atomic E-state index is 0.176. The second-order valence-corrected chi connectivity index (χ2v) is 3.53. The Morgan fingerprint density at radius 3 is 3.20 bits per heavy atom. The number of pyridine rings is 1. The van der Waals surface area contributed by atoms with Crippen molar-refractivity contribution in [3.8, 4) is 0 Å². The van der Waals surface area contributed by atoms with Gasteiger partial charge >= 0.3 is 5.97 Å². The van der Waals surface area contributed by atoms with Gasteiger partial charge in [0.2, 0.25) is 0 Å². The van der Waals surface area contributed by atoms with E-state index in [9.17, 15) is 4.79 Å². The number of rotatable bonds is 2. The van der Waals surface area contributed by atoms with E-state index in [0.717, 1.165) is 5.65 Å². The number of methoxy groups -OCH3 is 1. The summed E-state index contributed by atoms with van der Waals surface area (Å²) in [5, 5.41) is 0.623. The van der Waals surface area contributed by atoms with Crippen LogP contribution >= 0.6 is 11.6 Å². The quantitative estimate of drug-likeness (QED) is 0.730. The molecule has 0 spiro atoms. The number of ether oxygens (including phenoxy) is 1. The Labute approximate surface area is 91.4 Å². The highest BCUT2D eigenvalue weighted by molar-refractivity contribution is 6.30. The largest absolute Gasteiger partial charge is 0.469 e. The molecule has 0 saturated carbocycles. The van der Waals surface area contributed by atoms with E-state index in [1.807, 2.05) is 4.40 Å². The second-order valence-electron chi connectivity index (χ2n) is 3.10. The maximum absolute atomic E-state index is 11.0. The van der Waals surface area contributed by atoms with Gasteiger partial charge in [-0.1, -0.05) is 11.6 Å². The molecule has 2 aromatic heterocycles. The van der Waals surface area contributed by atoms with Crippen molar-refractivity contribution in [1.29, 1.82) is 0 Å². The maximum Gasteiger partial charge on any atom is 0.311 e. The van der Waals surface area contributed by atoms with E-state index in [-0.39, 0.29) is 12.4 Å². The predicted molar refractivity (Wildman–Crippen MR) is 55.9 cm³/mol. The number of carbonyl (C=O) groups is 1. The molecule has 0 aromatic carbocycles. The van der Waals surface area contributed by atoms with Gasteiger partial charge in [0.25, 0.3) is 0 Å². The second kappa shape index (κ2) is 3.90. The maximum atomic E-state index is 11.0. The van der Waals surface area contributed by atoms with Crippen LogP contribution in [0.5, 0.6) is 0 Å². The lowest BCUT2D eigenvalue weighted by atomic mass is 10.3. The van der Waals surface area contributed by atoms with Crippen LogP contribution in [-0.4, -0.2) is 22.5 Å². The molecule has 5 heteroatoms. The highest BCUT2D eigenvalue weighted by atomic mass is 35.5. The van der Waals surface area contributed by atoms with E-state index in [1.165, 1.54) is 7.11 Å². The number of aromatic nitrogens is 2. The summed E-state index contributed by atoms with van der Waals surface area (Å²) in [6.07, 6.45) is 3.75. The molecule has 0 aliphatic heterocycles. The van der Waals surface area contributed by atoms with Gasteiger partial charge in [0.05, 0.1) is 19.2 Å². The van der Waals surface area contributed by atoms with Gasteiger partial charge in [-0.05, 0) is 12.1 Å². The molecule has 15 heavy (non-hydrogen) atoms. The Morgan fingerprint density at radius 2 is 2.47 bits per heavy atom. The first-order valence-electron chi connectivity index (χ1n) is 4.39. The smallest absolute Gasteiger partial charge is 0.311 e. The monoisotopic (exact) mass is 224 g/mol. The number of esters is 1. The van der Waals surface area contributed by atoms with Crippen molar-refractivity contribution in [2.45, 2.75) is 6.42 Å². The number of hydrogen-bond acceptors (Lipinski definition) is 3. The Morgan fingerprint density at radius 1 is 1.67 bits per heavy atom. The number of halogens is 1. The normalized spacial score (nSPS) is 10.5. The third-order valence-electron chi connectivity index (χ3n) is 2.03. The van der Waals surface area contributed by atoms with Crippen molar-refractivity contribution in [3.63, 3.8) is 0 Å². The highest BCUT2D eigenvalue weighted by Crippen LogP contribution is 2.12. The minimum Gasteiger partial charge on any atom is -0.469 e. The van der Waals surface area contributed by atoms with Gasteiger partial charge in [-0.3, -0.25) is 4.79 Å². The van der Waals surface area contributed by atoms with Gasteiger partial charge in [0.15, 0.2) is 0 Å². The third-order valence-corrected chi connectivity index (χ3v) is 2.26. The highest BCUT2D eigenvalue weighted by Gasteiger charge is 2.07. The number of carbonyl (C=O) groups excluding carboxylic acids is 1. The molecule has 2 aromatic rings. The molecule has 0 N–H and O–H groups in total. The van der Waals surface area contributed by atoms with Gasteiger partial charge in [-0.15, -0.1) is 0 Å². The van der Waals surface area contributed by atoms with E-state index in [4.69, 9.17) is 11.6 Å². The fourth-order valence-corrected chi connectivity index (χ4v) is 1.47. The Hall–Kier alpha value is -1.55. The van der Waals surface area contributed by atoms with Crippen molar-refractivity contribution in [2.75, 3.05) is 7.11 Å². The lowest BCUT2D eigenvalue weighted by molar-refractivity contribution is -0.139. The van der Waals surface area contributed by atoms with E-state index < -0.39 is 0 Å². The van der Waals surface area contributed by atoms with Crippen LogP contribution in [0, 0.1) is 0 Å². The van der Waals surface area contributed by atoms with Crippen LogP contribution in [-0.2, 0) is 16.0 Å². The van der Waals surface area contributed by atoms with Crippen molar-refractivity contribution >= 4 is 23.2 Å². The van der Waals surface area contributed by atoms with Crippen molar-refractivity contribution in [3.05, 3.63) is 35.2 Å². The number of hydrogen-bond donors (Lipinski definition) is 0. The number of imidazole rings is 1. The summed E-state index contributed by atoms with van der Waals surface area (Å²) in [5.74, 6) is -0.301. The Kier molecular flexibility index (Phi) is 2.60. The fraction of sp³-hybridized carbons (Fsp3) is 0.200. The van der Waals surface area contributed by atoms with Gasteiger partial charge in [0, 0.05) is 17.4 Å². The molecule has 78 valence electrons. The first-order valence-corrected chi connectivity index (χ1v) is 4.77. The van der Waals surface area contributed by atoms with Crippen LogP contribution in [0.15, 0.2) is 24.5 Å². The number of nitrogens with zero attached hydrogens (tertiary/aromatic N) is 2. The summed E-state index contributed by atoms with van der Waals surface area (Å²) >= 11 is 5.82. The van der Waals surface area contributed by atoms with Crippen LogP contribution in [0.25, 0.3) is 5.65 Å². The molecule has 4 nitrogen and oxygen atoms in total. The standard InChI is InChI=1S/C10H9ClN2O2/c1-15-10(14)5-8-6-13-3-2-7(11)4-9(13)12-8/h2-4,6H,5H2,1H3. The molecule has 0 fully saturated rings. The molecule has 0 aliphatic carbocycles. The molecule has 0 atom stereocenters. The molecule has 2 heterocycles.